The first-order valence-corrected chi connectivity index (χ1v) is 8.61. The molecule has 0 saturated heterocycles. The summed E-state index contributed by atoms with van der Waals surface area (Å²) >= 11 is 0. The number of hydrogen-bond donors (Lipinski definition) is 1. The first-order valence-electron chi connectivity index (χ1n) is 8.61. The van der Waals surface area contributed by atoms with Crippen molar-refractivity contribution in [1.82, 2.24) is 5.01 Å². The number of carbonyl (C=O) groups excluding carboxylic acids is 1. The van der Waals surface area contributed by atoms with E-state index in [1.165, 1.54) is 31.4 Å². The van der Waals surface area contributed by atoms with Crippen molar-refractivity contribution in [2.24, 2.45) is 11.0 Å². The smallest absolute Gasteiger partial charge is 0.431 e. The minimum absolute atomic E-state index is 0.146. The SMILES string of the molecule is COc1ccc(C(=O)N2N=C(C(F)(F)F)CC2(O)C2CCCCC2)cc1. The van der Waals surface area contributed by atoms with E-state index >= 15 is 0 Å². The van der Waals surface area contributed by atoms with E-state index in [9.17, 15) is 23.1 Å². The highest BCUT2D eigenvalue weighted by Crippen LogP contribution is 2.43. The third-order valence-electron chi connectivity index (χ3n) is 5.13. The van der Waals surface area contributed by atoms with Crippen LogP contribution in [-0.2, 0) is 0 Å². The Bertz CT molecular complexity index is 697. The lowest BCUT2D eigenvalue weighted by Crippen LogP contribution is -2.52. The Labute approximate surface area is 149 Å². The second kappa shape index (κ2) is 6.90. The molecule has 142 valence electrons. The van der Waals surface area contributed by atoms with E-state index in [1.54, 1.807) is 0 Å². The minimum atomic E-state index is -4.68. The molecule has 1 heterocycles. The first kappa shape index (κ1) is 18.7. The van der Waals surface area contributed by atoms with Gasteiger partial charge in [0.1, 0.15) is 11.5 Å². The first-order chi connectivity index (χ1) is 12.3. The quantitative estimate of drug-likeness (QED) is 0.882. The molecule has 1 saturated carbocycles. The van der Waals surface area contributed by atoms with Gasteiger partial charge < -0.3 is 9.84 Å². The number of carbonyl (C=O) groups is 1. The van der Waals surface area contributed by atoms with Gasteiger partial charge in [-0.25, -0.2) is 0 Å². The number of rotatable bonds is 3. The van der Waals surface area contributed by atoms with Crippen molar-refractivity contribution in [3.8, 4) is 5.75 Å². The maximum absolute atomic E-state index is 13.2. The summed E-state index contributed by atoms with van der Waals surface area (Å²) in [6, 6.07) is 5.97. The van der Waals surface area contributed by atoms with Crippen LogP contribution in [-0.4, -0.2) is 40.7 Å². The molecule has 0 aromatic heterocycles. The Kier molecular flexibility index (Phi) is 4.96. The molecule has 2 aliphatic rings. The van der Waals surface area contributed by atoms with Crippen molar-refractivity contribution in [1.29, 1.82) is 0 Å². The molecule has 0 bridgehead atoms. The van der Waals surface area contributed by atoms with Gasteiger partial charge >= 0.3 is 6.18 Å². The molecule has 0 radical (unpaired) electrons. The van der Waals surface area contributed by atoms with Crippen molar-refractivity contribution in [2.45, 2.75) is 50.4 Å². The number of methoxy groups -OCH3 is 1. The number of benzene rings is 1. The van der Waals surface area contributed by atoms with Crippen molar-refractivity contribution < 1.29 is 27.8 Å². The Hall–Kier alpha value is -2.09. The lowest BCUT2D eigenvalue weighted by Gasteiger charge is -2.40. The molecule has 1 amide bonds. The molecule has 1 aromatic carbocycles. The van der Waals surface area contributed by atoms with Gasteiger partial charge in [-0.2, -0.15) is 23.3 Å². The topological polar surface area (TPSA) is 62.1 Å². The summed E-state index contributed by atoms with van der Waals surface area (Å²) in [6.45, 7) is 0. The maximum atomic E-state index is 13.2. The van der Waals surface area contributed by atoms with Crippen LogP contribution in [0.25, 0.3) is 0 Å². The Morgan fingerprint density at radius 3 is 2.38 bits per heavy atom. The van der Waals surface area contributed by atoms with Gasteiger partial charge in [0.15, 0.2) is 5.72 Å². The summed E-state index contributed by atoms with van der Waals surface area (Å²) in [5, 5.41) is 15.3. The molecular weight excluding hydrogens is 349 g/mol. The Morgan fingerprint density at radius 1 is 1.23 bits per heavy atom. The second-order valence-electron chi connectivity index (χ2n) is 6.78. The fourth-order valence-electron chi connectivity index (χ4n) is 3.68. The summed E-state index contributed by atoms with van der Waals surface area (Å²) in [6.07, 6.45) is -1.61. The average molecular weight is 370 g/mol. The number of ether oxygens (including phenoxy) is 1. The minimum Gasteiger partial charge on any atom is -0.497 e. The van der Waals surface area contributed by atoms with E-state index in [0.29, 0.717) is 23.6 Å². The van der Waals surface area contributed by atoms with E-state index in [4.69, 9.17) is 4.74 Å². The van der Waals surface area contributed by atoms with Crippen LogP contribution in [0.3, 0.4) is 0 Å². The van der Waals surface area contributed by atoms with Gasteiger partial charge in [-0.05, 0) is 37.1 Å². The van der Waals surface area contributed by atoms with Crippen LogP contribution in [0, 0.1) is 5.92 Å². The van der Waals surface area contributed by atoms with Crippen molar-refractivity contribution >= 4 is 11.6 Å². The zero-order valence-electron chi connectivity index (χ0n) is 14.4. The molecule has 1 aliphatic carbocycles. The van der Waals surface area contributed by atoms with Crippen LogP contribution in [0.2, 0.25) is 0 Å². The monoisotopic (exact) mass is 370 g/mol. The second-order valence-corrected chi connectivity index (χ2v) is 6.78. The molecule has 1 aliphatic heterocycles. The molecule has 0 spiro atoms. The van der Waals surface area contributed by atoms with Crippen LogP contribution in [0.5, 0.6) is 5.75 Å². The molecule has 1 unspecified atom stereocenters. The Balaban J connectivity index is 1.94. The van der Waals surface area contributed by atoms with Crippen LogP contribution in [0.4, 0.5) is 13.2 Å². The number of hydrogen-bond acceptors (Lipinski definition) is 4. The van der Waals surface area contributed by atoms with Crippen LogP contribution < -0.4 is 4.74 Å². The highest BCUT2D eigenvalue weighted by Gasteiger charge is 2.55. The molecule has 1 aromatic rings. The maximum Gasteiger partial charge on any atom is 0.431 e. The zero-order chi connectivity index (χ0) is 18.9. The number of aliphatic hydroxyl groups is 1. The van der Waals surface area contributed by atoms with Gasteiger partial charge in [0, 0.05) is 17.9 Å². The van der Waals surface area contributed by atoms with Gasteiger partial charge in [0.05, 0.1) is 7.11 Å². The van der Waals surface area contributed by atoms with Gasteiger partial charge in [-0.1, -0.05) is 19.3 Å². The van der Waals surface area contributed by atoms with Gasteiger partial charge in [-0.3, -0.25) is 4.79 Å². The summed E-state index contributed by atoms with van der Waals surface area (Å²) in [4.78, 5) is 12.8. The van der Waals surface area contributed by atoms with Gasteiger partial charge in [0.25, 0.3) is 5.91 Å². The number of nitrogens with zero attached hydrogens (tertiary/aromatic N) is 2. The molecular formula is C18H21F3N2O3. The van der Waals surface area contributed by atoms with E-state index < -0.39 is 35.9 Å². The number of halogens is 3. The van der Waals surface area contributed by atoms with E-state index in [-0.39, 0.29) is 5.56 Å². The molecule has 8 heteroatoms. The zero-order valence-corrected chi connectivity index (χ0v) is 14.4. The van der Waals surface area contributed by atoms with Crippen molar-refractivity contribution in [3.05, 3.63) is 29.8 Å². The average Bonchev–Trinajstić information content (AvgIpc) is 3.01. The van der Waals surface area contributed by atoms with E-state index in [1.807, 2.05) is 0 Å². The van der Waals surface area contributed by atoms with Crippen molar-refractivity contribution in [3.63, 3.8) is 0 Å². The highest BCUT2D eigenvalue weighted by atomic mass is 19.4. The van der Waals surface area contributed by atoms with Gasteiger partial charge in [0.2, 0.25) is 0 Å². The number of amides is 1. The number of alkyl halides is 3. The standard InChI is InChI=1S/C18H21F3N2O3/c1-26-14-9-7-12(8-10-14)16(24)23-17(25,13-5-3-2-4-6-13)11-15(22-23)18(19,20)21/h7-10,13,25H,2-6,11H2,1H3. The molecule has 5 nitrogen and oxygen atoms in total. The van der Waals surface area contributed by atoms with Crippen molar-refractivity contribution in [2.75, 3.05) is 7.11 Å². The molecule has 1 N–H and O–H groups in total. The fourth-order valence-corrected chi connectivity index (χ4v) is 3.68. The third-order valence-corrected chi connectivity index (χ3v) is 5.13. The largest absolute Gasteiger partial charge is 0.497 e. The highest BCUT2D eigenvalue weighted by molar-refractivity contribution is 5.99. The normalized spacial score (nSPS) is 24.5. The predicted molar refractivity (Wildman–Crippen MR) is 88.8 cm³/mol. The molecule has 3 rings (SSSR count). The summed E-state index contributed by atoms with van der Waals surface area (Å²) in [7, 11) is 1.47. The summed E-state index contributed by atoms with van der Waals surface area (Å²) in [5.41, 5.74) is -2.91. The predicted octanol–water partition coefficient (Wildman–Crippen LogP) is 3.73. The van der Waals surface area contributed by atoms with Crippen LogP contribution in [0.1, 0.15) is 48.9 Å². The van der Waals surface area contributed by atoms with Gasteiger partial charge in [-0.15, -0.1) is 0 Å². The number of hydrazone groups is 1. The van der Waals surface area contributed by atoms with Crippen LogP contribution >= 0.6 is 0 Å². The van der Waals surface area contributed by atoms with Crippen LogP contribution in [0.15, 0.2) is 29.4 Å². The van der Waals surface area contributed by atoms with E-state index in [0.717, 1.165) is 19.3 Å². The lowest BCUT2D eigenvalue weighted by molar-refractivity contribution is -0.123. The van der Waals surface area contributed by atoms with E-state index in [2.05, 4.69) is 5.10 Å². The fraction of sp³-hybridized carbons (Fsp3) is 0.556. The molecule has 1 atom stereocenters. The molecule has 1 fully saturated rings. The summed E-state index contributed by atoms with van der Waals surface area (Å²) < 4.78 is 44.7. The lowest BCUT2D eigenvalue weighted by atomic mass is 9.79. The Morgan fingerprint density at radius 2 is 1.85 bits per heavy atom. The molecule has 26 heavy (non-hydrogen) atoms. The third kappa shape index (κ3) is 3.42. The summed E-state index contributed by atoms with van der Waals surface area (Å²) in [5.74, 6) is -0.660.